The van der Waals surface area contributed by atoms with E-state index in [1.807, 2.05) is 0 Å². The summed E-state index contributed by atoms with van der Waals surface area (Å²) in [6, 6.07) is 0.379. The minimum Gasteiger partial charge on any atom is -0.381 e. The van der Waals surface area contributed by atoms with Crippen LogP contribution in [0.15, 0.2) is 0 Å². The minimum absolute atomic E-state index is 0.0927. The van der Waals surface area contributed by atoms with Gasteiger partial charge in [-0.15, -0.1) is 0 Å². The fraction of sp³-hybridized carbons (Fsp3) is 0.923. The fourth-order valence-corrected chi connectivity index (χ4v) is 2.31. The average Bonchev–Trinajstić information content (AvgIpc) is 2.28. The monoisotopic (exact) mass is 242 g/mol. The Bertz CT molecular complexity index is 254. The summed E-state index contributed by atoms with van der Waals surface area (Å²) in [7, 11) is 1.75. The van der Waals surface area contributed by atoms with E-state index in [1.165, 1.54) is 0 Å². The van der Waals surface area contributed by atoms with E-state index in [1.54, 1.807) is 7.11 Å². The van der Waals surface area contributed by atoms with E-state index in [-0.39, 0.29) is 11.3 Å². The molecule has 0 aromatic rings. The van der Waals surface area contributed by atoms with Gasteiger partial charge in [-0.1, -0.05) is 27.2 Å². The van der Waals surface area contributed by atoms with Crippen molar-refractivity contribution < 1.29 is 9.53 Å². The van der Waals surface area contributed by atoms with Crippen molar-refractivity contribution in [3.63, 3.8) is 0 Å². The lowest BCUT2D eigenvalue weighted by Gasteiger charge is -2.51. The first kappa shape index (κ1) is 14.5. The second-order valence-corrected chi connectivity index (χ2v) is 5.42. The normalized spacial score (nSPS) is 26.4. The molecular formula is C13H26N2O2. The molecular weight excluding hydrogens is 216 g/mol. The minimum atomic E-state index is 0.0927. The fourth-order valence-electron chi connectivity index (χ4n) is 2.31. The van der Waals surface area contributed by atoms with Crippen molar-refractivity contribution in [2.24, 2.45) is 5.41 Å². The molecule has 0 saturated heterocycles. The van der Waals surface area contributed by atoms with Crippen LogP contribution in [0.5, 0.6) is 0 Å². The van der Waals surface area contributed by atoms with Gasteiger partial charge in [0.1, 0.15) is 0 Å². The smallest absolute Gasteiger partial charge is 0.233 e. The van der Waals surface area contributed by atoms with Gasteiger partial charge in [-0.05, 0) is 12.8 Å². The van der Waals surface area contributed by atoms with Crippen LogP contribution >= 0.6 is 0 Å². The molecule has 2 atom stereocenters. The van der Waals surface area contributed by atoms with Crippen LogP contribution < -0.4 is 10.6 Å². The SMILES string of the molecule is CCCCNC(=O)CNC1CC(OC)C1(C)C. The molecule has 4 heteroatoms. The van der Waals surface area contributed by atoms with E-state index in [9.17, 15) is 4.79 Å². The molecule has 1 saturated carbocycles. The summed E-state index contributed by atoms with van der Waals surface area (Å²) in [6.45, 7) is 7.67. The third-order valence-electron chi connectivity index (χ3n) is 3.82. The van der Waals surface area contributed by atoms with Crippen molar-refractivity contribution in [1.82, 2.24) is 10.6 Å². The van der Waals surface area contributed by atoms with Gasteiger partial charge in [0.25, 0.3) is 0 Å². The number of carbonyl (C=O) groups is 1. The van der Waals surface area contributed by atoms with Crippen LogP contribution in [-0.4, -0.2) is 38.3 Å². The van der Waals surface area contributed by atoms with Crippen molar-refractivity contribution in [3.8, 4) is 0 Å². The Morgan fingerprint density at radius 3 is 2.71 bits per heavy atom. The molecule has 0 bridgehead atoms. The lowest BCUT2D eigenvalue weighted by atomic mass is 9.64. The van der Waals surface area contributed by atoms with E-state index in [0.717, 1.165) is 25.8 Å². The highest BCUT2D eigenvalue weighted by molar-refractivity contribution is 5.78. The highest BCUT2D eigenvalue weighted by atomic mass is 16.5. The molecule has 0 aromatic heterocycles. The van der Waals surface area contributed by atoms with E-state index in [0.29, 0.717) is 18.7 Å². The van der Waals surface area contributed by atoms with E-state index >= 15 is 0 Å². The van der Waals surface area contributed by atoms with E-state index in [4.69, 9.17) is 4.74 Å². The Labute approximate surface area is 104 Å². The van der Waals surface area contributed by atoms with Crippen molar-refractivity contribution in [1.29, 1.82) is 0 Å². The maximum Gasteiger partial charge on any atom is 0.233 e. The molecule has 1 fully saturated rings. The van der Waals surface area contributed by atoms with Gasteiger partial charge in [-0.2, -0.15) is 0 Å². The quantitative estimate of drug-likeness (QED) is 0.662. The molecule has 0 spiro atoms. The van der Waals surface area contributed by atoms with E-state index in [2.05, 4.69) is 31.4 Å². The van der Waals surface area contributed by atoms with Gasteiger partial charge in [0.15, 0.2) is 0 Å². The lowest BCUT2D eigenvalue weighted by molar-refractivity contribution is -0.123. The van der Waals surface area contributed by atoms with Gasteiger partial charge in [0, 0.05) is 25.1 Å². The van der Waals surface area contributed by atoms with Crippen LogP contribution in [0, 0.1) is 5.41 Å². The van der Waals surface area contributed by atoms with Crippen LogP contribution in [0.2, 0.25) is 0 Å². The second-order valence-electron chi connectivity index (χ2n) is 5.42. The number of hydrogen-bond acceptors (Lipinski definition) is 3. The molecule has 17 heavy (non-hydrogen) atoms. The number of unbranched alkanes of at least 4 members (excludes halogenated alkanes) is 1. The molecule has 0 heterocycles. The Hall–Kier alpha value is -0.610. The molecule has 1 amide bonds. The third-order valence-corrected chi connectivity index (χ3v) is 3.82. The molecule has 0 aromatic carbocycles. The number of hydrogen-bond donors (Lipinski definition) is 2. The Morgan fingerprint density at radius 1 is 1.47 bits per heavy atom. The zero-order valence-corrected chi connectivity index (χ0v) is 11.5. The predicted octanol–water partition coefficient (Wildman–Crippen LogP) is 1.31. The topological polar surface area (TPSA) is 50.4 Å². The summed E-state index contributed by atoms with van der Waals surface area (Å²) >= 11 is 0. The number of rotatable bonds is 7. The number of ether oxygens (including phenoxy) is 1. The molecule has 2 N–H and O–H groups in total. The first-order chi connectivity index (χ1) is 8.02. The number of methoxy groups -OCH3 is 1. The van der Waals surface area contributed by atoms with Crippen LogP contribution in [0.25, 0.3) is 0 Å². The lowest BCUT2D eigenvalue weighted by Crippen LogP contribution is -2.61. The van der Waals surface area contributed by atoms with Crippen molar-refractivity contribution in [3.05, 3.63) is 0 Å². The zero-order chi connectivity index (χ0) is 12.9. The summed E-state index contributed by atoms with van der Waals surface area (Å²) in [4.78, 5) is 11.5. The van der Waals surface area contributed by atoms with Gasteiger partial charge in [-0.3, -0.25) is 4.79 Å². The largest absolute Gasteiger partial charge is 0.381 e. The van der Waals surface area contributed by atoms with Crippen molar-refractivity contribution in [2.45, 2.75) is 52.2 Å². The maximum atomic E-state index is 11.5. The summed E-state index contributed by atoms with van der Waals surface area (Å²) in [5, 5.41) is 6.22. The standard InChI is InChI=1S/C13H26N2O2/c1-5-6-7-14-12(16)9-15-10-8-11(17-4)13(10,2)3/h10-11,15H,5-9H2,1-4H3,(H,14,16). The molecule has 0 radical (unpaired) electrons. The summed E-state index contributed by atoms with van der Waals surface area (Å²) in [6.07, 6.45) is 3.46. The Kier molecular flexibility index (Phi) is 5.40. The average molecular weight is 242 g/mol. The molecule has 1 rings (SSSR count). The highest BCUT2D eigenvalue weighted by Gasteiger charge is 2.48. The first-order valence-corrected chi connectivity index (χ1v) is 6.55. The second kappa shape index (κ2) is 6.36. The summed E-state index contributed by atoms with van der Waals surface area (Å²) in [5.41, 5.74) is 0.123. The molecule has 0 aliphatic heterocycles. The summed E-state index contributed by atoms with van der Waals surface area (Å²) < 4.78 is 5.38. The highest BCUT2D eigenvalue weighted by Crippen LogP contribution is 2.42. The van der Waals surface area contributed by atoms with Gasteiger partial charge in [-0.25, -0.2) is 0 Å². The maximum absolute atomic E-state index is 11.5. The van der Waals surface area contributed by atoms with Gasteiger partial charge in [0.2, 0.25) is 5.91 Å². The third kappa shape index (κ3) is 3.68. The van der Waals surface area contributed by atoms with Gasteiger partial charge in [0.05, 0.1) is 12.6 Å². The first-order valence-electron chi connectivity index (χ1n) is 6.55. The van der Waals surface area contributed by atoms with Gasteiger partial charge < -0.3 is 15.4 Å². The van der Waals surface area contributed by atoms with E-state index < -0.39 is 0 Å². The Morgan fingerprint density at radius 2 is 2.18 bits per heavy atom. The van der Waals surface area contributed by atoms with Crippen LogP contribution in [0.1, 0.15) is 40.0 Å². The molecule has 1 aliphatic rings. The molecule has 100 valence electrons. The number of nitrogens with one attached hydrogen (secondary N) is 2. The predicted molar refractivity (Wildman–Crippen MR) is 68.9 cm³/mol. The van der Waals surface area contributed by atoms with Crippen molar-refractivity contribution in [2.75, 3.05) is 20.2 Å². The van der Waals surface area contributed by atoms with Crippen LogP contribution in [0.4, 0.5) is 0 Å². The van der Waals surface area contributed by atoms with Crippen LogP contribution in [-0.2, 0) is 9.53 Å². The number of amides is 1. The van der Waals surface area contributed by atoms with Gasteiger partial charge >= 0.3 is 0 Å². The number of carbonyl (C=O) groups excluding carboxylic acids is 1. The zero-order valence-electron chi connectivity index (χ0n) is 11.5. The summed E-state index contributed by atoms with van der Waals surface area (Å²) in [5.74, 6) is 0.0927. The molecule has 4 nitrogen and oxygen atoms in total. The molecule has 2 unspecified atom stereocenters. The van der Waals surface area contributed by atoms with Crippen molar-refractivity contribution >= 4 is 5.91 Å². The molecule has 1 aliphatic carbocycles. The van der Waals surface area contributed by atoms with Crippen LogP contribution in [0.3, 0.4) is 0 Å². The Balaban J connectivity index is 2.17.